The smallest absolute Gasteiger partial charge is 0.338 e. The van der Waals surface area contributed by atoms with Gasteiger partial charge in [-0.15, -0.1) is 0 Å². The van der Waals surface area contributed by atoms with Crippen molar-refractivity contribution in [3.63, 3.8) is 0 Å². The van der Waals surface area contributed by atoms with Gasteiger partial charge >= 0.3 is 11.9 Å². The van der Waals surface area contributed by atoms with Crippen LogP contribution in [0.4, 0.5) is 0 Å². The first-order valence-corrected chi connectivity index (χ1v) is 12.6. The SMILES string of the molecule is C=CC(=O)OCC1COC(c2ccc(C#N)cc2)OC1.N#Cc1ccc(-c2ncc(COC(=O)C3CO3)cn2)cc1. The maximum atomic E-state index is 11.3. The fraction of sp³-hybridized carbons (Fsp3) is 0.267. The quantitative estimate of drug-likeness (QED) is 0.228. The zero-order chi connectivity index (χ0) is 29.0. The van der Waals surface area contributed by atoms with Gasteiger partial charge in [-0.2, -0.15) is 10.5 Å². The van der Waals surface area contributed by atoms with Gasteiger partial charge in [0, 0.05) is 41.1 Å². The van der Waals surface area contributed by atoms with Crippen LogP contribution in [0.2, 0.25) is 0 Å². The Morgan fingerprint density at radius 2 is 1.49 bits per heavy atom. The molecular formula is C30H26N4O7. The summed E-state index contributed by atoms with van der Waals surface area (Å²) >= 11 is 0. The summed E-state index contributed by atoms with van der Waals surface area (Å²) in [6.45, 7) is 5.06. The molecule has 11 heteroatoms. The number of aromatic nitrogens is 2. The Balaban J connectivity index is 0.000000189. The molecule has 3 aromatic rings. The molecule has 2 aromatic carbocycles. The number of carbonyl (C=O) groups excluding carboxylic acids is 2. The Morgan fingerprint density at radius 3 is 2.02 bits per heavy atom. The first-order chi connectivity index (χ1) is 20.0. The van der Waals surface area contributed by atoms with E-state index in [1.165, 1.54) is 0 Å². The molecule has 1 atom stereocenters. The third-order valence-electron chi connectivity index (χ3n) is 5.86. The van der Waals surface area contributed by atoms with Crippen LogP contribution in [0.5, 0.6) is 0 Å². The summed E-state index contributed by atoms with van der Waals surface area (Å²) in [6, 6.07) is 18.2. The van der Waals surface area contributed by atoms with Crippen molar-refractivity contribution in [1.29, 1.82) is 10.5 Å². The van der Waals surface area contributed by atoms with E-state index in [-0.39, 0.29) is 25.1 Å². The molecule has 0 spiro atoms. The molecule has 2 fully saturated rings. The van der Waals surface area contributed by atoms with Crippen molar-refractivity contribution < 1.29 is 33.3 Å². The molecule has 0 amide bonds. The van der Waals surface area contributed by atoms with Gasteiger partial charge in [-0.3, -0.25) is 0 Å². The second-order valence-electron chi connectivity index (χ2n) is 8.97. The summed E-state index contributed by atoms with van der Waals surface area (Å²) in [6.07, 6.45) is 3.52. The summed E-state index contributed by atoms with van der Waals surface area (Å²) in [4.78, 5) is 30.7. The van der Waals surface area contributed by atoms with Crippen molar-refractivity contribution in [2.24, 2.45) is 5.92 Å². The number of ether oxygens (including phenoxy) is 5. The Bertz CT molecular complexity index is 1420. The Kier molecular flexibility index (Phi) is 10.2. The molecule has 1 unspecified atom stereocenters. The van der Waals surface area contributed by atoms with Crippen LogP contribution in [0.25, 0.3) is 11.4 Å². The van der Waals surface area contributed by atoms with Crippen LogP contribution in [0, 0.1) is 28.6 Å². The van der Waals surface area contributed by atoms with Crippen molar-refractivity contribution >= 4 is 11.9 Å². The normalized spacial score (nSPS) is 18.8. The number of epoxide rings is 1. The zero-order valence-corrected chi connectivity index (χ0v) is 22.0. The van der Waals surface area contributed by atoms with Crippen molar-refractivity contribution in [1.82, 2.24) is 9.97 Å². The number of nitrogens with zero attached hydrogens (tertiary/aromatic N) is 4. The molecule has 2 aliphatic rings. The van der Waals surface area contributed by atoms with Crippen molar-refractivity contribution in [2.75, 3.05) is 26.4 Å². The topological polar surface area (TPSA) is 157 Å². The van der Waals surface area contributed by atoms with Crippen LogP contribution in [-0.2, 0) is 39.9 Å². The third kappa shape index (κ3) is 8.78. The molecule has 11 nitrogen and oxygen atoms in total. The number of rotatable bonds is 8. The molecular weight excluding hydrogens is 528 g/mol. The fourth-order valence-corrected chi connectivity index (χ4v) is 3.51. The second-order valence-corrected chi connectivity index (χ2v) is 8.97. The summed E-state index contributed by atoms with van der Waals surface area (Å²) in [5, 5.41) is 17.5. The highest BCUT2D eigenvalue weighted by Gasteiger charge is 2.33. The zero-order valence-electron chi connectivity index (χ0n) is 22.0. The molecule has 2 aliphatic heterocycles. The number of nitriles is 2. The van der Waals surface area contributed by atoms with E-state index in [1.54, 1.807) is 60.9 Å². The molecule has 1 aromatic heterocycles. The number of carbonyl (C=O) groups is 2. The van der Waals surface area contributed by atoms with Gasteiger partial charge in [-0.1, -0.05) is 18.7 Å². The van der Waals surface area contributed by atoms with Gasteiger partial charge in [0.15, 0.2) is 18.2 Å². The van der Waals surface area contributed by atoms with Gasteiger partial charge in [0.25, 0.3) is 0 Å². The minimum absolute atomic E-state index is 0.0218. The molecule has 0 bridgehead atoms. The number of esters is 2. The van der Waals surface area contributed by atoms with Gasteiger partial charge in [-0.05, 0) is 36.4 Å². The minimum atomic E-state index is -0.445. The highest BCUT2D eigenvalue weighted by Crippen LogP contribution is 2.25. The van der Waals surface area contributed by atoms with Gasteiger partial charge < -0.3 is 23.7 Å². The van der Waals surface area contributed by atoms with Crippen LogP contribution >= 0.6 is 0 Å². The van der Waals surface area contributed by atoms with E-state index in [4.69, 9.17) is 34.2 Å². The van der Waals surface area contributed by atoms with Crippen molar-refractivity contribution in [3.05, 3.63) is 95.8 Å². The van der Waals surface area contributed by atoms with Crippen LogP contribution in [0.3, 0.4) is 0 Å². The van der Waals surface area contributed by atoms with E-state index in [2.05, 4.69) is 28.7 Å². The fourth-order valence-electron chi connectivity index (χ4n) is 3.51. The largest absolute Gasteiger partial charge is 0.462 e. The van der Waals surface area contributed by atoms with E-state index in [1.807, 2.05) is 0 Å². The van der Waals surface area contributed by atoms with Gasteiger partial charge in [-0.25, -0.2) is 19.6 Å². The molecule has 0 saturated carbocycles. The molecule has 3 heterocycles. The van der Waals surface area contributed by atoms with Crippen LogP contribution in [-0.4, -0.2) is 54.4 Å². The third-order valence-corrected chi connectivity index (χ3v) is 5.86. The van der Waals surface area contributed by atoms with E-state index in [0.29, 0.717) is 42.3 Å². The van der Waals surface area contributed by atoms with Crippen LogP contribution < -0.4 is 0 Å². The summed E-state index contributed by atoms with van der Waals surface area (Å²) in [5.74, 6) is -0.223. The molecule has 5 rings (SSSR count). The maximum absolute atomic E-state index is 11.3. The van der Waals surface area contributed by atoms with Crippen molar-refractivity contribution in [3.8, 4) is 23.5 Å². The predicted octanol–water partition coefficient (Wildman–Crippen LogP) is 3.41. The highest BCUT2D eigenvalue weighted by atomic mass is 16.7. The predicted molar refractivity (Wildman–Crippen MR) is 142 cm³/mol. The van der Waals surface area contributed by atoms with Crippen LogP contribution in [0.15, 0.2) is 73.6 Å². The van der Waals surface area contributed by atoms with Gasteiger partial charge in [0.1, 0.15) is 6.61 Å². The van der Waals surface area contributed by atoms with Gasteiger partial charge in [0.05, 0.1) is 49.7 Å². The number of benzene rings is 2. The second kappa shape index (κ2) is 14.4. The lowest BCUT2D eigenvalue weighted by atomic mass is 10.1. The van der Waals surface area contributed by atoms with Crippen molar-refractivity contribution in [2.45, 2.75) is 19.0 Å². The molecule has 0 aliphatic carbocycles. The first kappa shape index (κ1) is 29.1. The Hall–Kier alpha value is -4.94. The van der Waals surface area contributed by atoms with Crippen LogP contribution in [0.1, 0.15) is 28.5 Å². The minimum Gasteiger partial charge on any atom is -0.462 e. The van der Waals surface area contributed by atoms with E-state index >= 15 is 0 Å². The lowest BCUT2D eigenvalue weighted by molar-refractivity contribution is -0.211. The Labute approximate surface area is 236 Å². The Morgan fingerprint density at radius 1 is 0.902 bits per heavy atom. The summed E-state index contributed by atoms with van der Waals surface area (Å²) in [7, 11) is 0. The van der Waals surface area contributed by atoms with Gasteiger partial charge in [0.2, 0.25) is 0 Å². The molecule has 2 saturated heterocycles. The molecule has 41 heavy (non-hydrogen) atoms. The highest BCUT2D eigenvalue weighted by molar-refractivity contribution is 5.81. The molecule has 0 radical (unpaired) electrons. The first-order valence-electron chi connectivity index (χ1n) is 12.6. The average molecular weight is 555 g/mol. The lowest BCUT2D eigenvalue weighted by Crippen LogP contribution is -2.30. The summed E-state index contributed by atoms with van der Waals surface area (Å²) < 4.78 is 26.0. The number of hydrogen-bond donors (Lipinski definition) is 0. The molecule has 208 valence electrons. The monoisotopic (exact) mass is 554 g/mol. The van der Waals surface area contributed by atoms with E-state index < -0.39 is 18.4 Å². The van der Waals surface area contributed by atoms with E-state index in [0.717, 1.165) is 17.2 Å². The van der Waals surface area contributed by atoms with E-state index in [9.17, 15) is 9.59 Å². The maximum Gasteiger partial charge on any atom is 0.338 e. The standard InChI is InChI=1S/C15H11N3O3.C15H15NO4/c16-5-10-1-3-12(4-2-10)14-17-6-11(7-18-14)8-21-15(19)13-9-20-13;1-2-14(17)18-8-12-9-19-15(20-10-12)13-5-3-11(7-16)4-6-13/h1-4,6-7,13H,8-9H2;2-6,12,15H,1,8-10H2. The molecule has 0 N–H and O–H groups in total. The lowest BCUT2D eigenvalue weighted by Gasteiger charge is -2.29. The number of hydrogen-bond acceptors (Lipinski definition) is 11. The summed E-state index contributed by atoms with van der Waals surface area (Å²) in [5.41, 5.74) is 3.58. The average Bonchev–Trinajstić information content (AvgIpc) is 3.89.